The Bertz CT molecular complexity index is 1260. The van der Waals surface area contributed by atoms with Gasteiger partial charge in [-0.3, -0.25) is 9.78 Å². The van der Waals surface area contributed by atoms with Gasteiger partial charge in [0.2, 0.25) is 5.89 Å². The highest BCUT2D eigenvalue weighted by atomic mass is 19.3. The molecule has 1 fully saturated rings. The summed E-state index contributed by atoms with van der Waals surface area (Å²) in [7, 11) is 0. The minimum Gasteiger partial charge on any atom is -0.490 e. The first-order valence-corrected chi connectivity index (χ1v) is 11.3. The molecule has 0 bridgehead atoms. The number of pyridine rings is 1. The van der Waals surface area contributed by atoms with Crippen LogP contribution in [0.15, 0.2) is 52.6 Å². The molecule has 0 saturated carbocycles. The molecule has 2 aromatic heterocycles. The van der Waals surface area contributed by atoms with Crippen molar-refractivity contribution >= 4 is 5.78 Å². The van der Waals surface area contributed by atoms with Crippen molar-refractivity contribution in [3.8, 4) is 17.2 Å². The van der Waals surface area contributed by atoms with E-state index in [2.05, 4.69) is 15.2 Å². The third-order valence-corrected chi connectivity index (χ3v) is 6.19. The van der Waals surface area contributed by atoms with Gasteiger partial charge in [-0.05, 0) is 36.6 Å². The molecule has 5 rings (SSSR count). The number of ketones is 1. The first kappa shape index (κ1) is 23.2. The number of nitrogens with zero attached hydrogens (tertiary/aromatic N) is 3. The number of carbonyl (C=O) groups excluding carboxylic acids is 1. The maximum Gasteiger partial charge on any atom is 0.314 e. The standard InChI is InChI=1S/C25H22F3N3O4/c26-17-2-1-3-18(11-17)34-21-8-9-33-13-15(21)5-4-14-6-7-20-19(22(14)32)10-16(12-29-20)24-30-31-25(35-24)23(27)28/h1-3,6,10-12,15,21,23H,4-5,7-9,13H2/t15?,21-/m1/s1. The maximum absolute atomic E-state index is 13.5. The van der Waals surface area contributed by atoms with Gasteiger partial charge in [-0.2, -0.15) is 8.78 Å². The second-order valence-electron chi connectivity index (χ2n) is 8.50. The molecule has 3 aromatic rings. The first-order valence-electron chi connectivity index (χ1n) is 11.3. The normalized spacial score (nSPS) is 20.0. The van der Waals surface area contributed by atoms with Gasteiger partial charge in [0.15, 0.2) is 5.78 Å². The molecule has 1 aliphatic heterocycles. The van der Waals surface area contributed by atoms with E-state index >= 15 is 0 Å². The predicted molar refractivity (Wildman–Crippen MR) is 118 cm³/mol. The van der Waals surface area contributed by atoms with Crippen LogP contribution in [0, 0.1) is 11.7 Å². The number of halogens is 3. The Balaban J connectivity index is 1.27. The Kier molecular flexibility index (Phi) is 6.63. The summed E-state index contributed by atoms with van der Waals surface area (Å²) in [5, 5.41) is 6.96. The van der Waals surface area contributed by atoms with Crippen molar-refractivity contribution in [2.75, 3.05) is 13.2 Å². The van der Waals surface area contributed by atoms with Crippen LogP contribution in [-0.4, -0.2) is 40.3 Å². The number of fused-ring (bicyclic) bond motifs is 1. The van der Waals surface area contributed by atoms with Gasteiger partial charge in [-0.15, -0.1) is 10.2 Å². The van der Waals surface area contributed by atoms with Gasteiger partial charge in [0, 0.05) is 36.6 Å². The molecule has 2 atom stereocenters. The Morgan fingerprint density at radius 2 is 2.09 bits per heavy atom. The molecular weight excluding hydrogens is 463 g/mol. The van der Waals surface area contributed by atoms with E-state index in [9.17, 15) is 18.0 Å². The number of carbonyl (C=O) groups is 1. The molecule has 0 spiro atoms. The lowest BCUT2D eigenvalue weighted by molar-refractivity contribution is -0.0264. The van der Waals surface area contributed by atoms with Gasteiger partial charge in [0.1, 0.15) is 17.7 Å². The molecule has 0 N–H and O–H groups in total. The molecule has 1 aromatic carbocycles. The lowest BCUT2D eigenvalue weighted by Gasteiger charge is -2.32. The van der Waals surface area contributed by atoms with Crippen LogP contribution in [0.4, 0.5) is 13.2 Å². The zero-order chi connectivity index (χ0) is 24.4. The van der Waals surface area contributed by atoms with Gasteiger partial charge in [-0.25, -0.2) is 4.39 Å². The molecular formula is C25H22F3N3O4. The van der Waals surface area contributed by atoms with Crippen LogP contribution in [0.25, 0.3) is 11.5 Å². The molecule has 0 amide bonds. The maximum atomic E-state index is 13.5. The summed E-state index contributed by atoms with van der Waals surface area (Å²) in [4.78, 5) is 17.5. The number of benzene rings is 1. The van der Waals surface area contributed by atoms with Crippen molar-refractivity contribution in [2.24, 2.45) is 5.92 Å². The SMILES string of the molecule is O=C1C(CCC2COCC[C@H]2Oc2cccc(F)c2)=CCc2ncc(-c3nnc(C(F)F)o3)cc21. The molecule has 10 heteroatoms. The second-order valence-corrected chi connectivity index (χ2v) is 8.50. The molecule has 1 aliphatic carbocycles. The first-order chi connectivity index (χ1) is 17.0. The van der Waals surface area contributed by atoms with Crippen LogP contribution < -0.4 is 4.74 Å². The average Bonchev–Trinajstić information content (AvgIpc) is 3.35. The van der Waals surface area contributed by atoms with E-state index in [-0.39, 0.29) is 29.5 Å². The van der Waals surface area contributed by atoms with Crippen LogP contribution >= 0.6 is 0 Å². The molecule has 2 aliphatic rings. The molecule has 1 saturated heterocycles. The monoisotopic (exact) mass is 485 g/mol. The molecule has 35 heavy (non-hydrogen) atoms. The van der Waals surface area contributed by atoms with Crippen LogP contribution in [0.1, 0.15) is 47.6 Å². The van der Waals surface area contributed by atoms with E-state index in [0.717, 1.165) is 0 Å². The second kappa shape index (κ2) is 9.99. The highest BCUT2D eigenvalue weighted by Crippen LogP contribution is 2.31. The number of alkyl halides is 2. The number of rotatable bonds is 7. The summed E-state index contributed by atoms with van der Waals surface area (Å²) in [6, 6.07) is 7.60. The summed E-state index contributed by atoms with van der Waals surface area (Å²) in [5.74, 6) is -0.920. The number of hydrogen-bond acceptors (Lipinski definition) is 7. The lowest BCUT2D eigenvalue weighted by Crippen LogP contribution is -2.36. The van der Waals surface area contributed by atoms with E-state index in [1.54, 1.807) is 18.2 Å². The van der Waals surface area contributed by atoms with E-state index < -0.39 is 12.3 Å². The summed E-state index contributed by atoms with van der Waals surface area (Å²) >= 11 is 0. The third-order valence-electron chi connectivity index (χ3n) is 6.19. The number of allylic oxidation sites excluding steroid dienone is 2. The highest BCUT2D eigenvalue weighted by molar-refractivity contribution is 6.10. The summed E-state index contributed by atoms with van der Waals surface area (Å²) < 4.78 is 55.8. The van der Waals surface area contributed by atoms with Crippen molar-refractivity contribution in [3.63, 3.8) is 0 Å². The molecule has 3 heterocycles. The Morgan fingerprint density at radius 3 is 2.89 bits per heavy atom. The highest BCUT2D eigenvalue weighted by Gasteiger charge is 2.30. The van der Waals surface area contributed by atoms with Crippen molar-refractivity contribution in [3.05, 3.63) is 71.1 Å². The fourth-order valence-electron chi connectivity index (χ4n) is 4.37. The van der Waals surface area contributed by atoms with Gasteiger partial charge >= 0.3 is 6.43 Å². The van der Waals surface area contributed by atoms with Crippen molar-refractivity contribution in [1.29, 1.82) is 0 Å². The third kappa shape index (κ3) is 5.12. The molecule has 0 radical (unpaired) electrons. The Hall–Kier alpha value is -3.53. The largest absolute Gasteiger partial charge is 0.490 e. The van der Waals surface area contributed by atoms with Crippen molar-refractivity contribution < 1.29 is 31.9 Å². The number of hydrogen-bond donors (Lipinski definition) is 0. The quantitative estimate of drug-likeness (QED) is 0.458. The summed E-state index contributed by atoms with van der Waals surface area (Å²) in [6.45, 7) is 1.05. The van der Waals surface area contributed by atoms with Crippen molar-refractivity contribution in [2.45, 2.75) is 38.2 Å². The van der Waals surface area contributed by atoms with E-state index in [4.69, 9.17) is 13.9 Å². The fourth-order valence-corrected chi connectivity index (χ4v) is 4.37. The Morgan fingerprint density at radius 1 is 1.20 bits per heavy atom. The van der Waals surface area contributed by atoms with E-state index in [1.165, 1.54) is 18.3 Å². The molecule has 1 unspecified atom stereocenters. The minimum absolute atomic E-state index is 0.0396. The number of aromatic nitrogens is 3. The lowest BCUT2D eigenvalue weighted by atomic mass is 9.86. The summed E-state index contributed by atoms with van der Waals surface area (Å²) in [6.07, 6.45) is 2.59. The minimum atomic E-state index is -2.88. The smallest absolute Gasteiger partial charge is 0.314 e. The van der Waals surface area contributed by atoms with Gasteiger partial charge in [-0.1, -0.05) is 12.1 Å². The predicted octanol–water partition coefficient (Wildman–Crippen LogP) is 5.14. The van der Waals surface area contributed by atoms with E-state index in [0.29, 0.717) is 67.0 Å². The van der Waals surface area contributed by atoms with Gasteiger partial charge < -0.3 is 13.9 Å². The Labute approximate surface area is 199 Å². The topological polar surface area (TPSA) is 87.3 Å². The zero-order valence-electron chi connectivity index (χ0n) is 18.6. The zero-order valence-corrected chi connectivity index (χ0v) is 18.6. The number of Topliss-reactive ketones (excluding diaryl/α,β-unsaturated/α-hetero) is 1. The van der Waals surface area contributed by atoms with Crippen LogP contribution in [0.5, 0.6) is 5.75 Å². The van der Waals surface area contributed by atoms with Crippen LogP contribution in [0.3, 0.4) is 0 Å². The van der Waals surface area contributed by atoms with Crippen LogP contribution in [-0.2, 0) is 11.2 Å². The van der Waals surface area contributed by atoms with Crippen molar-refractivity contribution in [1.82, 2.24) is 15.2 Å². The van der Waals surface area contributed by atoms with E-state index in [1.807, 2.05) is 6.08 Å². The average molecular weight is 485 g/mol. The summed E-state index contributed by atoms with van der Waals surface area (Å²) in [5.41, 5.74) is 1.95. The fraction of sp³-hybridized carbons (Fsp3) is 0.360. The van der Waals surface area contributed by atoms with Gasteiger partial charge in [0.25, 0.3) is 5.89 Å². The van der Waals surface area contributed by atoms with Gasteiger partial charge in [0.05, 0.1) is 24.5 Å². The molecule has 182 valence electrons. The van der Waals surface area contributed by atoms with Crippen LogP contribution in [0.2, 0.25) is 0 Å². The molecule has 7 nitrogen and oxygen atoms in total. The number of ether oxygens (including phenoxy) is 2.